The molecule has 3 heterocycles. The van der Waals surface area contributed by atoms with E-state index in [9.17, 15) is 0 Å². The largest absolute Gasteiger partial charge is 0.382 e. The molecule has 0 spiro atoms. The highest BCUT2D eigenvalue weighted by atomic mass is 35.5. The molecular weight excluding hydrogens is 376 g/mol. The van der Waals surface area contributed by atoms with E-state index < -0.39 is 0 Å². The molecule has 0 aliphatic carbocycles. The molecule has 0 amide bonds. The zero-order valence-corrected chi connectivity index (χ0v) is 16.1. The molecule has 0 saturated carbocycles. The molecule has 7 N–H and O–H groups in total. The monoisotopic (exact) mass is 396 g/mol. The number of hydrogen-bond donors (Lipinski definition) is 4. The normalized spacial score (nSPS) is 10.6. The van der Waals surface area contributed by atoms with E-state index in [0.717, 1.165) is 28.2 Å². The molecule has 4 rings (SSSR count). The van der Waals surface area contributed by atoms with Gasteiger partial charge in [-0.2, -0.15) is 10.2 Å². The van der Waals surface area contributed by atoms with E-state index in [0.29, 0.717) is 17.3 Å². The van der Waals surface area contributed by atoms with Gasteiger partial charge in [0.1, 0.15) is 11.5 Å². The smallest absolute Gasteiger partial charge is 0.143 e. The van der Waals surface area contributed by atoms with Gasteiger partial charge in [0.05, 0.1) is 23.4 Å². The predicted molar refractivity (Wildman–Crippen MR) is 111 cm³/mol. The summed E-state index contributed by atoms with van der Waals surface area (Å²) < 4.78 is 3.68. The van der Waals surface area contributed by atoms with Gasteiger partial charge < -0.3 is 5.73 Å². The quantitative estimate of drug-likeness (QED) is 0.181. The minimum Gasteiger partial charge on any atom is -0.382 e. The molecule has 0 aliphatic heterocycles. The number of aromatic nitrogens is 4. The number of benzene rings is 1. The minimum atomic E-state index is -0.0476. The average Bonchev–Trinajstić information content (AvgIpc) is 3.28. The van der Waals surface area contributed by atoms with Crippen molar-refractivity contribution in [2.45, 2.75) is 13.5 Å². The lowest BCUT2D eigenvalue weighted by Crippen LogP contribution is -2.14. The van der Waals surface area contributed by atoms with Crippen LogP contribution in [0.4, 0.5) is 0 Å². The molecule has 0 saturated heterocycles. The molecule has 9 heteroatoms. The number of amidine groups is 1. The third-order valence-electron chi connectivity index (χ3n) is 4.24. The van der Waals surface area contributed by atoms with Gasteiger partial charge in [-0.3, -0.25) is 21.8 Å². The SMILES string of the molecule is Cc1cc(C(=N)N)nn1Cc1cc(Cl)cc2cc(-c3ccccc3)nn12.NN. The van der Waals surface area contributed by atoms with Crippen LogP contribution < -0.4 is 17.4 Å². The van der Waals surface area contributed by atoms with Crippen LogP contribution in [0.5, 0.6) is 0 Å². The van der Waals surface area contributed by atoms with Gasteiger partial charge in [0, 0.05) is 16.3 Å². The summed E-state index contributed by atoms with van der Waals surface area (Å²) in [6.07, 6.45) is 0. The van der Waals surface area contributed by atoms with E-state index >= 15 is 0 Å². The molecular formula is C19H21ClN8. The topological polar surface area (TPSA) is 137 Å². The second kappa shape index (κ2) is 8.22. The fourth-order valence-corrected chi connectivity index (χ4v) is 3.19. The molecule has 0 fully saturated rings. The number of nitrogen functional groups attached to an aromatic ring is 1. The Hall–Kier alpha value is -3.20. The minimum absolute atomic E-state index is 0.0476. The number of nitrogens with one attached hydrogen (secondary N) is 1. The number of hydrazine groups is 1. The van der Waals surface area contributed by atoms with Crippen molar-refractivity contribution in [2.24, 2.45) is 17.4 Å². The first kappa shape index (κ1) is 19.6. The van der Waals surface area contributed by atoms with Gasteiger partial charge in [0.2, 0.25) is 0 Å². The van der Waals surface area contributed by atoms with E-state index in [-0.39, 0.29) is 5.84 Å². The number of rotatable bonds is 4. The molecule has 0 atom stereocenters. The first-order valence-corrected chi connectivity index (χ1v) is 8.85. The summed E-state index contributed by atoms with van der Waals surface area (Å²) in [4.78, 5) is 0. The number of pyridine rings is 1. The predicted octanol–water partition coefficient (Wildman–Crippen LogP) is 2.31. The van der Waals surface area contributed by atoms with E-state index in [1.165, 1.54) is 0 Å². The van der Waals surface area contributed by atoms with Gasteiger partial charge in [-0.1, -0.05) is 41.9 Å². The molecule has 144 valence electrons. The fourth-order valence-electron chi connectivity index (χ4n) is 2.95. The number of aryl methyl sites for hydroxylation is 1. The molecule has 0 aliphatic rings. The van der Waals surface area contributed by atoms with E-state index in [1.807, 2.05) is 60.0 Å². The van der Waals surface area contributed by atoms with Gasteiger partial charge in [0.15, 0.2) is 0 Å². The van der Waals surface area contributed by atoms with Gasteiger partial charge in [0.25, 0.3) is 0 Å². The van der Waals surface area contributed by atoms with Crippen molar-refractivity contribution in [3.05, 3.63) is 76.7 Å². The second-order valence-electron chi connectivity index (χ2n) is 6.14. The van der Waals surface area contributed by atoms with Gasteiger partial charge in [-0.05, 0) is 31.2 Å². The van der Waals surface area contributed by atoms with Crippen molar-refractivity contribution < 1.29 is 0 Å². The van der Waals surface area contributed by atoms with Crippen LogP contribution in [0.25, 0.3) is 16.8 Å². The summed E-state index contributed by atoms with van der Waals surface area (Å²) in [5, 5.41) is 17.3. The van der Waals surface area contributed by atoms with Crippen molar-refractivity contribution >= 4 is 23.0 Å². The zero-order valence-electron chi connectivity index (χ0n) is 15.3. The first-order valence-electron chi connectivity index (χ1n) is 8.47. The van der Waals surface area contributed by atoms with E-state index in [1.54, 1.807) is 10.7 Å². The molecule has 4 aromatic rings. The van der Waals surface area contributed by atoms with Crippen LogP contribution >= 0.6 is 11.6 Å². The van der Waals surface area contributed by atoms with Crippen LogP contribution in [0.15, 0.2) is 54.6 Å². The number of nitrogens with zero attached hydrogens (tertiary/aromatic N) is 4. The zero-order chi connectivity index (χ0) is 20.3. The van der Waals surface area contributed by atoms with Crippen molar-refractivity contribution in [3.8, 4) is 11.3 Å². The molecule has 0 radical (unpaired) electrons. The third-order valence-corrected chi connectivity index (χ3v) is 4.46. The Balaban J connectivity index is 0.00000109. The summed E-state index contributed by atoms with van der Waals surface area (Å²) in [5.74, 6) is 7.95. The summed E-state index contributed by atoms with van der Waals surface area (Å²) in [6.45, 7) is 2.41. The van der Waals surface area contributed by atoms with Gasteiger partial charge in [-0.25, -0.2) is 4.52 Å². The van der Waals surface area contributed by atoms with E-state index in [4.69, 9.17) is 27.8 Å². The van der Waals surface area contributed by atoms with Crippen LogP contribution in [0.2, 0.25) is 5.02 Å². The van der Waals surface area contributed by atoms with Crippen molar-refractivity contribution in [1.29, 1.82) is 5.41 Å². The molecule has 1 aromatic carbocycles. The fraction of sp³-hybridized carbons (Fsp3) is 0.105. The molecule has 8 nitrogen and oxygen atoms in total. The van der Waals surface area contributed by atoms with Crippen molar-refractivity contribution in [3.63, 3.8) is 0 Å². The maximum atomic E-state index is 7.55. The Morgan fingerprint density at radius 1 is 1.07 bits per heavy atom. The number of nitrogens with two attached hydrogens (primary N) is 3. The summed E-state index contributed by atoms with van der Waals surface area (Å²) in [6, 6.07) is 17.6. The number of fused-ring (bicyclic) bond motifs is 1. The Kier molecular flexibility index (Phi) is 5.74. The van der Waals surface area contributed by atoms with Crippen LogP contribution in [-0.2, 0) is 6.54 Å². The molecule has 3 aromatic heterocycles. The van der Waals surface area contributed by atoms with Crippen molar-refractivity contribution in [2.75, 3.05) is 0 Å². The van der Waals surface area contributed by atoms with Crippen molar-refractivity contribution in [1.82, 2.24) is 19.4 Å². The first-order chi connectivity index (χ1) is 13.5. The van der Waals surface area contributed by atoms with Crippen LogP contribution in [0.3, 0.4) is 0 Å². The standard InChI is InChI=1S/C19H17ClN6.H4N2/c1-12-7-18(19(21)22)23-25(12)11-16-9-14(20)8-15-10-17(24-26(15)16)13-5-3-2-4-6-13;1-2/h2-10H,11H2,1H3,(H3,21,22);1-2H2. The molecule has 28 heavy (non-hydrogen) atoms. The summed E-state index contributed by atoms with van der Waals surface area (Å²) in [7, 11) is 0. The van der Waals surface area contributed by atoms with Crippen LogP contribution in [0.1, 0.15) is 17.1 Å². The third kappa shape index (κ3) is 3.89. The lowest BCUT2D eigenvalue weighted by molar-refractivity contribution is 0.635. The lowest BCUT2D eigenvalue weighted by atomic mass is 10.1. The average molecular weight is 397 g/mol. The van der Waals surface area contributed by atoms with Crippen LogP contribution in [0, 0.1) is 12.3 Å². The van der Waals surface area contributed by atoms with Gasteiger partial charge in [-0.15, -0.1) is 0 Å². The number of halogens is 1. The van der Waals surface area contributed by atoms with E-state index in [2.05, 4.69) is 16.8 Å². The summed E-state index contributed by atoms with van der Waals surface area (Å²) in [5.41, 5.74) is 10.7. The Morgan fingerprint density at radius 2 is 1.79 bits per heavy atom. The second-order valence-corrected chi connectivity index (χ2v) is 6.58. The summed E-state index contributed by atoms with van der Waals surface area (Å²) >= 11 is 6.32. The molecule has 0 unspecified atom stereocenters. The maximum absolute atomic E-state index is 7.55. The Bertz CT molecular complexity index is 1110. The number of hydrogen-bond acceptors (Lipinski definition) is 5. The van der Waals surface area contributed by atoms with Gasteiger partial charge >= 0.3 is 0 Å². The van der Waals surface area contributed by atoms with Crippen LogP contribution in [-0.4, -0.2) is 25.2 Å². The highest BCUT2D eigenvalue weighted by molar-refractivity contribution is 6.31. The Labute approximate surface area is 167 Å². The Morgan fingerprint density at radius 3 is 2.43 bits per heavy atom. The highest BCUT2D eigenvalue weighted by Gasteiger charge is 2.12. The molecule has 0 bridgehead atoms. The lowest BCUT2D eigenvalue weighted by Gasteiger charge is -2.08. The highest BCUT2D eigenvalue weighted by Crippen LogP contribution is 2.23. The maximum Gasteiger partial charge on any atom is 0.143 e.